The highest BCUT2D eigenvalue weighted by molar-refractivity contribution is 5.89. The maximum Gasteiger partial charge on any atom is 0.322 e. The van der Waals surface area contributed by atoms with Crippen LogP contribution in [0.4, 0.5) is 10.5 Å². The summed E-state index contributed by atoms with van der Waals surface area (Å²) in [7, 11) is 0. The van der Waals surface area contributed by atoms with Crippen LogP contribution in [-0.4, -0.2) is 54.0 Å². The molecule has 0 bridgehead atoms. The molecule has 1 aliphatic rings. The number of aliphatic hydroxyl groups is 1. The van der Waals surface area contributed by atoms with E-state index in [0.29, 0.717) is 18.2 Å². The molecule has 1 aliphatic heterocycles. The first-order valence-corrected chi connectivity index (χ1v) is 7.57. The van der Waals surface area contributed by atoms with Crippen LogP contribution in [0.5, 0.6) is 0 Å². The van der Waals surface area contributed by atoms with E-state index in [1.165, 1.54) is 4.68 Å². The Morgan fingerprint density at radius 1 is 1.39 bits per heavy atom. The highest BCUT2D eigenvalue weighted by atomic mass is 16.3. The molecule has 1 saturated heterocycles. The molecule has 0 aliphatic carbocycles. The molecule has 8 nitrogen and oxygen atoms in total. The number of carbonyl (C=O) groups excluding carboxylic acids is 1. The second-order valence-corrected chi connectivity index (χ2v) is 6.16. The molecule has 0 saturated carbocycles. The molecule has 122 valence electrons. The molecule has 1 atom stereocenters. The van der Waals surface area contributed by atoms with Crippen molar-refractivity contribution in [3.63, 3.8) is 0 Å². The fourth-order valence-corrected chi connectivity index (χ4v) is 2.85. The molecular formula is C15H20N6O2. The minimum Gasteiger partial charge on any atom is -0.388 e. The normalized spacial score (nSPS) is 18.2. The van der Waals surface area contributed by atoms with Crippen LogP contribution in [0.25, 0.3) is 5.95 Å². The monoisotopic (exact) mass is 316 g/mol. The highest BCUT2D eigenvalue weighted by Crippen LogP contribution is 2.27. The van der Waals surface area contributed by atoms with Crippen molar-refractivity contribution in [1.29, 1.82) is 0 Å². The van der Waals surface area contributed by atoms with Crippen molar-refractivity contribution < 1.29 is 9.90 Å². The third kappa shape index (κ3) is 3.31. The summed E-state index contributed by atoms with van der Waals surface area (Å²) >= 11 is 0. The number of anilines is 1. The average Bonchev–Trinajstić information content (AvgIpc) is 3.16. The molecule has 3 rings (SSSR count). The van der Waals surface area contributed by atoms with Gasteiger partial charge < -0.3 is 15.3 Å². The van der Waals surface area contributed by atoms with Crippen molar-refractivity contribution in [2.75, 3.05) is 11.9 Å². The molecule has 1 fully saturated rings. The summed E-state index contributed by atoms with van der Waals surface area (Å²) in [5.74, 6) is 0.434. The number of amides is 2. The van der Waals surface area contributed by atoms with Crippen molar-refractivity contribution in [3.05, 3.63) is 30.9 Å². The first-order valence-electron chi connectivity index (χ1n) is 7.57. The summed E-state index contributed by atoms with van der Waals surface area (Å²) in [4.78, 5) is 22.3. The summed E-state index contributed by atoms with van der Waals surface area (Å²) in [5.41, 5.74) is -0.362. The number of hydrogen-bond acceptors (Lipinski definition) is 5. The van der Waals surface area contributed by atoms with Gasteiger partial charge in [0.25, 0.3) is 0 Å². The Kier molecular flexibility index (Phi) is 3.99. The van der Waals surface area contributed by atoms with Gasteiger partial charge >= 0.3 is 6.03 Å². The summed E-state index contributed by atoms with van der Waals surface area (Å²) in [5, 5.41) is 17.2. The Hall–Kier alpha value is -2.48. The molecule has 0 radical (unpaired) electrons. The van der Waals surface area contributed by atoms with E-state index in [9.17, 15) is 9.90 Å². The lowest BCUT2D eigenvalue weighted by Crippen LogP contribution is -2.49. The Morgan fingerprint density at radius 3 is 2.83 bits per heavy atom. The lowest BCUT2D eigenvalue weighted by atomic mass is 9.97. The maximum atomic E-state index is 12.5. The van der Waals surface area contributed by atoms with Gasteiger partial charge in [0.05, 0.1) is 29.7 Å². The van der Waals surface area contributed by atoms with E-state index in [4.69, 9.17) is 0 Å². The van der Waals surface area contributed by atoms with Gasteiger partial charge in [-0.15, -0.1) is 0 Å². The first kappa shape index (κ1) is 15.4. The lowest BCUT2D eigenvalue weighted by Gasteiger charge is -2.33. The topological polar surface area (TPSA) is 96.2 Å². The number of nitrogens with zero attached hydrogens (tertiary/aromatic N) is 5. The Balaban J connectivity index is 1.70. The molecule has 2 N–H and O–H groups in total. The van der Waals surface area contributed by atoms with Gasteiger partial charge in [0.1, 0.15) is 0 Å². The Bertz CT molecular complexity index is 679. The Morgan fingerprint density at radius 2 is 2.13 bits per heavy atom. The average molecular weight is 316 g/mol. The van der Waals surface area contributed by atoms with Gasteiger partial charge in [0.2, 0.25) is 5.95 Å². The van der Waals surface area contributed by atoms with Gasteiger partial charge in [-0.1, -0.05) is 0 Å². The van der Waals surface area contributed by atoms with E-state index in [0.717, 1.165) is 12.8 Å². The molecule has 1 unspecified atom stereocenters. The van der Waals surface area contributed by atoms with Crippen LogP contribution in [0.3, 0.4) is 0 Å². The molecule has 0 aromatic carbocycles. The number of carbonyl (C=O) groups is 1. The predicted molar refractivity (Wildman–Crippen MR) is 84.2 cm³/mol. The molecule has 3 heterocycles. The predicted octanol–water partition coefficient (Wildman–Crippen LogP) is 1.43. The van der Waals surface area contributed by atoms with Crippen LogP contribution < -0.4 is 5.32 Å². The number of likely N-dealkylation sites (tertiary alicyclic amines) is 1. The molecule has 23 heavy (non-hydrogen) atoms. The van der Waals surface area contributed by atoms with Crippen LogP contribution in [0.2, 0.25) is 0 Å². The summed E-state index contributed by atoms with van der Waals surface area (Å²) < 4.78 is 1.49. The molecule has 0 spiro atoms. The molecule has 8 heteroatoms. The van der Waals surface area contributed by atoms with E-state index in [-0.39, 0.29) is 12.1 Å². The van der Waals surface area contributed by atoms with Crippen molar-refractivity contribution in [2.45, 2.75) is 38.3 Å². The standard InChI is InChI=1S/C15H20N6O2/c1-15(2,23)12-5-3-8-20(12)14(22)19-11-9-18-21(10-11)13-16-6-4-7-17-13/h4,6-7,9-10,12,23H,3,5,8H2,1-2H3,(H,19,22). The van der Waals surface area contributed by atoms with Gasteiger partial charge in [-0.2, -0.15) is 5.10 Å². The van der Waals surface area contributed by atoms with E-state index in [1.807, 2.05) is 0 Å². The van der Waals surface area contributed by atoms with E-state index in [1.54, 1.807) is 49.6 Å². The summed E-state index contributed by atoms with van der Waals surface area (Å²) in [6, 6.07) is 1.30. The molecule has 2 amide bonds. The van der Waals surface area contributed by atoms with Crippen LogP contribution >= 0.6 is 0 Å². The summed E-state index contributed by atoms with van der Waals surface area (Å²) in [6.07, 6.45) is 8.14. The third-order valence-corrected chi connectivity index (χ3v) is 3.92. The van der Waals surface area contributed by atoms with Crippen LogP contribution in [0, 0.1) is 0 Å². The number of hydrogen-bond donors (Lipinski definition) is 2. The van der Waals surface area contributed by atoms with Crippen molar-refractivity contribution in [1.82, 2.24) is 24.6 Å². The maximum absolute atomic E-state index is 12.5. The molecule has 2 aromatic rings. The summed E-state index contributed by atoms with van der Waals surface area (Å²) in [6.45, 7) is 4.10. The zero-order valence-electron chi connectivity index (χ0n) is 13.2. The number of urea groups is 1. The minimum atomic E-state index is -0.921. The SMILES string of the molecule is CC(C)(O)C1CCCN1C(=O)Nc1cnn(-c2ncccn2)c1. The van der Waals surface area contributed by atoms with Gasteiger partial charge in [-0.05, 0) is 32.8 Å². The van der Waals surface area contributed by atoms with Gasteiger partial charge in [0, 0.05) is 18.9 Å². The Labute approximate surface area is 134 Å². The lowest BCUT2D eigenvalue weighted by molar-refractivity contribution is 0.0117. The number of nitrogens with one attached hydrogen (secondary N) is 1. The fraction of sp³-hybridized carbons (Fsp3) is 0.467. The smallest absolute Gasteiger partial charge is 0.322 e. The van der Waals surface area contributed by atoms with Gasteiger partial charge in [0.15, 0.2) is 0 Å². The van der Waals surface area contributed by atoms with Gasteiger partial charge in [-0.25, -0.2) is 19.4 Å². The van der Waals surface area contributed by atoms with E-state index < -0.39 is 5.60 Å². The molecular weight excluding hydrogens is 296 g/mol. The van der Waals surface area contributed by atoms with Crippen LogP contribution in [0.15, 0.2) is 30.9 Å². The van der Waals surface area contributed by atoms with Crippen molar-refractivity contribution >= 4 is 11.7 Å². The molecule has 2 aromatic heterocycles. The van der Waals surface area contributed by atoms with Crippen molar-refractivity contribution in [3.8, 4) is 5.95 Å². The zero-order valence-corrected chi connectivity index (χ0v) is 13.2. The van der Waals surface area contributed by atoms with Crippen LogP contribution in [0.1, 0.15) is 26.7 Å². The van der Waals surface area contributed by atoms with Crippen molar-refractivity contribution in [2.24, 2.45) is 0 Å². The highest BCUT2D eigenvalue weighted by Gasteiger charge is 2.38. The second kappa shape index (κ2) is 5.96. The first-order chi connectivity index (χ1) is 10.9. The van der Waals surface area contributed by atoms with Gasteiger partial charge in [-0.3, -0.25) is 0 Å². The number of aromatic nitrogens is 4. The fourth-order valence-electron chi connectivity index (χ4n) is 2.85. The van der Waals surface area contributed by atoms with Crippen LogP contribution in [-0.2, 0) is 0 Å². The largest absolute Gasteiger partial charge is 0.388 e. The quantitative estimate of drug-likeness (QED) is 0.893. The zero-order chi connectivity index (χ0) is 16.4. The number of rotatable bonds is 3. The third-order valence-electron chi connectivity index (χ3n) is 3.92. The second-order valence-electron chi connectivity index (χ2n) is 6.16. The minimum absolute atomic E-state index is 0.185. The van der Waals surface area contributed by atoms with E-state index in [2.05, 4.69) is 20.4 Å². The van der Waals surface area contributed by atoms with E-state index >= 15 is 0 Å².